The quantitative estimate of drug-likeness (QED) is 0.253. The maximum Gasteiger partial charge on any atom is 0.102 e. The van der Waals surface area contributed by atoms with E-state index in [-0.39, 0.29) is 5.41 Å². The first-order valence-corrected chi connectivity index (χ1v) is 33.2. The van der Waals surface area contributed by atoms with Crippen LogP contribution in [0.4, 0.5) is 5.69 Å². The standard InChI is InChI=1S/C75H98N2O/c1-5-49-20-37-61(38-21-49)78-62-39-29-53(30-40-62)68-46-60-36-42-67(68)66-19-13-12-18-64(66)52-25-31-56(32-26-52)75(3,4)72-48-74-71(70-44-50(6-2)22-43-73(70)77(74)57-15-8-7-9-16-57)47-69(72)54-27-33-58(34-28-54)76(60)59-35-41-65-55(45-59)24-23-51-14-10-11-17-63(51)65/h5-6,10,14,20,22,25-27,31,35,39,41,43,45,47,51,53,56-58,60-61,63-64,66-68,70-72,74H,1-2,7-9,11-13,15-19,21,23-24,28-30,32-34,36-38,40,42,44,46,48H2,3-4H3. The molecule has 11 aliphatic carbocycles. The zero-order chi connectivity index (χ0) is 52.5. The van der Waals surface area contributed by atoms with Gasteiger partial charge in [0.25, 0.3) is 0 Å². The fraction of sp³-hybridized carbons (Fsp3) is 0.627. The predicted octanol–water partition coefficient (Wildman–Crippen LogP) is 19.1. The molecule has 1 aromatic rings. The summed E-state index contributed by atoms with van der Waals surface area (Å²) in [6.07, 6.45) is 69.8. The van der Waals surface area contributed by atoms with Gasteiger partial charge in [0.1, 0.15) is 6.10 Å². The van der Waals surface area contributed by atoms with Crippen molar-refractivity contribution >= 4 is 5.69 Å². The summed E-state index contributed by atoms with van der Waals surface area (Å²) in [5.41, 5.74) is 14.8. The van der Waals surface area contributed by atoms with E-state index >= 15 is 0 Å². The number of hydrogen-bond acceptors (Lipinski definition) is 3. The lowest BCUT2D eigenvalue weighted by molar-refractivity contribution is 0.0400. The molecule has 15 atom stereocenters. The first-order valence-electron chi connectivity index (χ1n) is 33.2. The van der Waals surface area contributed by atoms with Gasteiger partial charge in [-0.25, -0.2) is 0 Å². The van der Waals surface area contributed by atoms with Crippen LogP contribution in [0.1, 0.15) is 204 Å². The fourth-order valence-corrected chi connectivity index (χ4v) is 20.5. The third-order valence-corrected chi connectivity index (χ3v) is 24.7. The molecule has 78 heavy (non-hydrogen) atoms. The summed E-state index contributed by atoms with van der Waals surface area (Å²) < 4.78 is 6.87. The van der Waals surface area contributed by atoms with E-state index in [0.29, 0.717) is 65.8 Å². The zero-order valence-corrected chi connectivity index (χ0v) is 48.5. The van der Waals surface area contributed by atoms with E-state index in [1.54, 1.807) is 39.2 Å². The van der Waals surface area contributed by atoms with Gasteiger partial charge in [0.05, 0.1) is 5.76 Å². The van der Waals surface area contributed by atoms with Gasteiger partial charge < -0.3 is 14.5 Å². The van der Waals surface area contributed by atoms with Gasteiger partial charge in [0.2, 0.25) is 0 Å². The van der Waals surface area contributed by atoms with Gasteiger partial charge in [-0.05, 0) is 251 Å². The number of anilines is 1. The van der Waals surface area contributed by atoms with E-state index in [1.807, 2.05) is 0 Å². The zero-order valence-electron chi connectivity index (χ0n) is 48.5. The number of nitrogens with zero attached hydrogens (tertiary/aromatic N) is 2. The van der Waals surface area contributed by atoms with Crippen molar-refractivity contribution in [2.24, 2.45) is 64.6 Å². The summed E-state index contributed by atoms with van der Waals surface area (Å²) in [7, 11) is 0. The summed E-state index contributed by atoms with van der Waals surface area (Å²) in [6, 6.07) is 10.5. The SMILES string of the molecule is C=CC1=CCC(OC2=CCC(C3CC4CCC3C3CCCCC3C3=CCC(C=C3)C(C)(C)C3CC5C(C=C3C3=CCC(CC3)N4c3ccc4c(c3)CCC3C=CCCC43)C3CC(C=C)=CC=C3N5C3CCCCC3)CC2)CC1. The van der Waals surface area contributed by atoms with E-state index in [0.717, 1.165) is 61.7 Å². The molecule has 0 N–H and O–H groups in total. The summed E-state index contributed by atoms with van der Waals surface area (Å²) >= 11 is 0. The Bertz CT molecular complexity index is 2740. The van der Waals surface area contributed by atoms with Crippen LogP contribution in [-0.2, 0) is 11.2 Å². The molecule has 18 aliphatic rings. The fourth-order valence-electron chi connectivity index (χ4n) is 20.5. The molecule has 3 saturated carbocycles. The van der Waals surface area contributed by atoms with Gasteiger partial charge in [-0.3, -0.25) is 0 Å². The Morgan fingerprint density at radius 1 is 0.641 bits per heavy atom. The topological polar surface area (TPSA) is 15.7 Å². The summed E-state index contributed by atoms with van der Waals surface area (Å²) in [6.45, 7) is 13.9. The normalized spacial score (nSPS) is 39.2. The van der Waals surface area contributed by atoms with Crippen molar-refractivity contribution in [3.8, 4) is 0 Å². The first kappa shape index (κ1) is 51.9. The largest absolute Gasteiger partial charge is 0.495 e. The summed E-state index contributed by atoms with van der Waals surface area (Å²) in [4.78, 5) is 6.23. The minimum atomic E-state index is 0.140. The van der Waals surface area contributed by atoms with Crippen molar-refractivity contribution in [3.05, 3.63) is 161 Å². The molecule has 3 heteroatoms. The molecule has 6 bridgehead atoms. The highest BCUT2D eigenvalue weighted by molar-refractivity contribution is 5.56. The highest BCUT2D eigenvalue weighted by Crippen LogP contribution is 2.60. The van der Waals surface area contributed by atoms with Crippen LogP contribution in [0, 0.1) is 64.6 Å². The number of likely N-dealkylation sites (tertiary alicyclic amines) is 1. The number of hydrogen-bond donors (Lipinski definition) is 0. The van der Waals surface area contributed by atoms with Crippen molar-refractivity contribution < 1.29 is 4.74 Å². The van der Waals surface area contributed by atoms with Crippen LogP contribution >= 0.6 is 0 Å². The lowest BCUT2D eigenvalue weighted by atomic mass is 9.56. The van der Waals surface area contributed by atoms with Gasteiger partial charge in [0.15, 0.2) is 0 Å². The van der Waals surface area contributed by atoms with E-state index in [9.17, 15) is 0 Å². The number of benzene rings is 1. The molecule has 1 aromatic carbocycles. The maximum absolute atomic E-state index is 6.87. The molecule has 414 valence electrons. The van der Waals surface area contributed by atoms with E-state index in [4.69, 9.17) is 4.74 Å². The Morgan fingerprint density at radius 2 is 1.53 bits per heavy atom. The maximum atomic E-state index is 6.87. The molecule has 19 rings (SSSR count). The molecule has 3 nitrogen and oxygen atoms in total. The Balaban J connectivity index is 0.848. The van der Waals surface area contributed by atoms with Crippen LogP contribution in [0.5, 0.6) is 0 Å². The molecule has 0 aromatic heterocycles. The molecule has 7 aliphatic heterocycles. The van der Waals surface area contributed by atoms with Crippen molar-refractivity contribution in [1.82, 2.24) is 4.90 Å². The molecule has 0 spiro atoms. The molecule has 0 radical (unpaired) electrons. The molecular formula is C75H98N2O. The summed E-state index contributed by atoms with van der Waals surface area (Å²) in [5, 5.41) is 0. The van der Waals surface area contributed by atoms with Crippen LogP contribution in [0.3, 0.4) is 0 Å². The number of rotatable bonds is 7. The molecule has 7 heterocycles. The van der Waals surface area contributed by atoms with E-state index < -0.39 is 0 Å². The van der Waals surface area contributed by atoms with Crippen molar-refractivity contribution in [1.29, 1.82) is 0 Å². The number of fused-ring (bicyclic) bond motifs is 6. The van der Waals surface area contributed by atoms with Gasteiger partial charge in [-0.15, -0.1) is 0 Å². The third-order valence-electron chi connectivity index (χ3n) is 24.7. The highest BCUT2D eigenvalue weighted by atomic mass is 16.5. The monoisotopic (exact) mass is 1040 g/mol. The molecular weight excluding hydrogens is 945 g/mol. The van der Waals surface area contributed by atoms with Gasteiger partial charge >= 0.3 is 0 Å². The predicted molar refractivity (Wildman–Crippen MR) is 326 cm³/mol. The minimum absolute atomic E-state index is 0.140. The Labute approximate surface area is 473 Å². The molecule has 0 amide bonds. The smallest absolute Gasteiger partial charge is 0.102 e. The Hall–Kier alpha value is -4.24. The number of ether oxygens (including phenoxy) is 1. The highest BCUT2D eigenvalue weighted by Gasteiger charge is 2.54. The average Bonchev–Trinajstić information content (AvgIpc) is 3.94. The van der Waals surface area contributed by atoms with E-state index in [2.05, 4.69) is 134 Å². The lowest BCUT2D eigenvalue weighted by Gasteiger charge is -2.53. The second-order valence-corrected chi connectivity index (χ2v) is 28.6. The van der Waals surface area contributed by atoms with Crippen LogP contribution in [0.2, 0.25) is 0 Å². The summed E-state index contributed by atoms with van der Waals surface area (Å²) in [5.74, 6) is 8.75. The number of aryl methyl sites for hydroxylation is 1. The van der Waals surface area contributed by atoms with Crippen molar-refractivity contribution in [3.63, 3.8) is 0 Å². The lowest BCUT2D eigenvalue weighted by Crippen LogP contribution is -2.50. The van der Waals surface area contributed by atoms with Gasteiger partial charge in [0, 0.05) is 60.2 Å². The number of allylic oxidation sites excluding steroid dienone is 17. The van der Waals surface area contributed by atoms with Crippen molar-refractivity contribution in [2.75, 3.05) is 4.90 Å². The van der Waals surface area contributed by atoms with Gasteiger partial charge in [-0.2, -0.15) is 0 Å². The Morgan fingerprint density at radius 3 is 2.32 bits per heavy atom. The van der Waals surface area contributed by atoms with E-state index in [1.165, 1.54) is 165 Å². The minimum Gasteiger partial charge on any atom is -0.495 e. The average molecular weight is 1040 g/mol. The second-order valence-electron chi connectivity index (χ2n) is 28.6. The van der Waals surface area contributed by atoms with Gasteiger partial charge in [-0.1, -0.05) is 138 Å². The van der Waals surface area contributed by atoms with Crippen molar-refractivity contribution in [2.45, 2.75) is 230 Å². The van der Waals surface area contributed by atoms with Crippen LogP contribution in [0.25, 0.3) is 0 Å². The van der Waals surface area contributed by atoms with Crippen LogP contribution in [-0.4, -0.2) is 35.2 Å². The Kier molecular flexibility index (Phi) is 14.6. The first-order chi connectivity index (χ1) is 38.3. The molecule has 1 saturated heterocycles. The molecule has 4 fully saturated rings. The molecule has 15 unspecified atom stereocenters. The van der Waals surface area contributed by atoms with Crippen LogP contribution in [0.15, 0.2) is 150 Å². The van der Waals surface area contributed by atoms with Crippen LogP contribution < -0.4 is 4.90 Å². The second kappa shape index (κ2) is 21.9. The third kappa shape index (κ3) is 9.57.